The Bertz CT molecular complexity index is 1140. The van der Waals surface area contributed by atoms with Gasteiger partial charge < -0.3 is 15.6 Å². The smallest absolute Gasteiger partial charge is 0.335 e. The Morgan fingerprint density at radius 2 is 1.77 bits per heavy atom. The second-order valence-corrected chi connectivity index (χ2v) is 7.79. The van der Waals surface area contributed by atoms with Crippen LogP contribution in [0.5, 0.6) is 5.75 Å². The third kappa shape index (κ3) is 3.48. The molecule has 6 nitrogen and oxygen atoms in total. The molecule has 0 saturated carbocycles. The number of rotatable bonds is 4. The van der Waals surface area contributed by atoms with Crippen LogP contribution in [0.1, 0.15) is 35.3 Å². The number of nitrogen functional groups attached to an aromatic ring is 1. The van der Waals surface area contributed by atoms with Crippen LogP contribution in [0.15, 0.2) is 66.7 Å². The highest BCUT2D eigenvalue weighted by molar-refractivity contribution is 6.08. The van der Waals surface area contributed by atoms with E-state index in [1.165, 1.54) is 0 Å². The molecule has 1 amide bonds. The Labute approximate surface area is 174 Å². The summed E-state index contributed by atoms with van der Waals surface area (Å²) in [5.41, 5.74) is 8.74. The molecule has 0 unspecified atom stereocenters. The molecule has 6 heteroatoms. The lowest BCUT2D eigenvalue weighted by Crippen LogP contribution is -2.50. The van der Waals surface area contributed by atoms with Crippen LogP contribution in [-0.2, 0) is 11.2 Å². The van der Waals surface area contributed by atoms with E-state index in [0.29, 0.717) is 29.2 Å². The Morgan fingerprint density at radius 3 is 2.47 bits per heavy atom. The molecule has 0 radical (unpaired) electrons. The number of hydrogen-bond acceptors (Lipinski definition) is 4. The quantitative estimate of drug-likeness (QED) is 0.631. The zero-order chi connectivity index (χ0) is 21.5. The molecule has 1 heterocycles. The number of anilines is 3. The lowest BCUT2D eigenvalue weighted by Gasteiger charge is -2.38. The number of carbonyl (C=O) groups is 2. The SMILES string of the molecule is CC1(C)Oc2cc(N)ccc2N(c2ccc(Cc3ccccc3C(=O)O)cc2)C1=O. The molecule has 0 saturated heterocycles. The van der Waals surface area contributed by atoms with Crippen LogP contribution >= 0.6 is 0 Å². The van der Waals surface area contributed by atoms with Crippen molar-refractivity contribution in [1.82, 2.24) is 0 Å². The predicted molar refractivity (Wildman–Crippen MR) is 115 cm³/mol. The molecule has 3 aromatic carbocycles. The zero-order valence-electron chi connectivity index (χ0n) is 16.8. The summed E-state index contributed by atoms with van der Waals surface area (Å²) < 4.78 is 5.88. The average molecular weight is 402 g/mol. The molecule has 1 aliphatic rings. The molecule has 152 valence electrons. The predicted octanol–water partition coefficient (Wildman–Crippen LogP) is 4.39. The van der Waals surface area contributed by atoms with Gasteiger partial charge in [0, 0.05) is 17.4 Å². The molecule has 0 fully saturated rings. The minimum Gasteiger partial charge on any atom is -0.478 e. The number of nitrogens with two attached hydrogens (primary N) is 1. The van der Waals surface area contributed by atoms with Gasteiger partial charge in [0.1, 0.15) is 5.75 Å². The Balaban J connectivity index is 1.68. The number of fused-ring (bicyclic) bond motifs is 1. The van der Waals surface area contributed by atoms with Gasteiger partial charge in [0.25, 0.3) is 5.91 Å². The number of benzene rings is 3. The maximum Gasteiger partial charge on any atom is 0.335 e. The van der Waals surface area contributed by atoms with E-state index in [4.69, 9.17) is 10.5 Å². The molecule has 1 aliphatic heterocycles. The van der Waals surface area contributed by atoms with Crippen molar-refractivity contribution in [1.29, 1.82) is 0 Å². The molecular formula is C24H22N2O4. The van der Waals surface area contributed by atoms with Crippen LogP contribution in [0.4, 0.5) is 17.1 Å². The van der Waals surface area contributed by atoms with Gasteiger partial charge in [-0.2, -0.15) is 0 Å². The molecule has 0 spiro atoms. The second-order valence-electron chi connectivity index (χ2n) is 7.79. The summed E-state index contributed by atoms with van der Waals surface area (Å²) >= 11 is 0. The van der Waals surface area contributed by atoms with Gasteiger partial charge >= 0.3 is 5.97 Å². The molecule has 0 bridgehead atoms. The van der Waals surface area contributed by atoms with Crippen molar-refractivity contribution < 1.29 is 19.4 Å². The summed E-state index contributed by atoms with van der Waals surface area (Å²) in [5, 5.41) is 9.38. The number of carboxylic acid groups (broad SMARTS) is 1. The van der Waals surface area contributed by atoms with E-state index in [9.17, 15) is 14.7 Å². The van der Waals surface area contributed by atoms with Gasteiger partial charge in [-0.15, -0.1) is 0 Å². The van der Waals surface area contributed by atoms with Crippen LogP contribution in [0, 0.1) is 0 Å². The standard InChI is InChI=1S/C24H22N2O4/c1-24(2)23(29)26(20-12-9-17(25)14-21(20)30-24)18-10-7-15(8-11-18)13-16-5-3-4-6-19(16)22(27)28/h3-12,14H,13,25H2,1-2H3,(H,27,28). The van der Waals surface area contributed by atoms with Crippen molar-refractivity contribution in [2.45, 2.75) is 25.9 Å². The third-order valence-corrected chi connectivity index (χ3v) is 5.14. The molecule has 3 N–H and O–H groups in total. The van der Waals surface area contributed by atoms with Crippen molar-refractivity contribution in [3.05, 3.63) is 83.4 Å². The van der Waals surface area contributed by atoms with E-state index in [0.717, 1.165) is 11.1 Å². The maximum absolute atomic E-state index is 13.1. The topological polar surface area (TPSA) is 92.9 Å². The number of nitrogens with zero attached hydrogens (tertiary/aromatic N) is 1. The molecule has 30 heavy (non-hydrogen) atoms. The summed E-state index contributed by atoms with van der Waals surface area (Å²) in [7, 11) is 0. The molecule has 3 aromatic rings. The zero-order valence-corrected chi connectivity index (χ0v) is 16.8. The van der Waals surface area contributed by atoms with Crippen LogP contribution in [0.3, 0.4) is 0 Å². The van der Waals surface area contributed by atoms with Gasteiger partial charge in [0.15, 0.2) is 5.60 Å². The molecule has 4 rings (SSSR count). The average Bonchev–Trinajstić information content (AvgIpc) is 2.70. The second kappa shape index (κ2) is 7.22. The highest BCUT2D eigenvalue weighted by Gasteiger charge is 2.41. The minimum absolute atomic E-state index is 0.177. The number of aromatic carboxylic acids is 1. The van der Waals surface area contributed by atoms with Crippen molar-refractivity contribution in [2.24, 2.45) is 0 Å². The van der Waals surface area contributed by atoms with Crippen molar-refractivity contribution >= 4 is 28.9 Å². The third-order valence-electron chi connectivity index (χ3n) is 5.14. The van der Waals surface area contributed by atoms with Gasteiger partial charge in [-0.1, -0.05) is 30.3 Å². The van der Waals surface area contributed by atoms with Crippen LogP contribution < -0.4 is 15.4 Å². The number of hydrogen-bond donors (Lipinski definition) is 2. The monoisotopic (exact) mass is 402 g/mol. The first-order chi connectivity index (χ1) is 14.3. The van der Waals surface area contributed by atoms with E-state index < -0.39 is 11.6 Å². The van der Waals surface area contributed by atoms with Crippen LogP contribution in [-0.4, -0.2) is 22.6 Å². The van der Waals surface area contributed by atoms with E-state index in [2.05, 4.69) is 0 Å². The first kappa shape index (κ1) is 19.5. The van der Waals surface area contributed by atoms with Crippen molar-refractivity contribution in [3.63, 3.8) is 0 Å². The Kier molecular flexibility index (Phi) is 4.70. The minimum atomic E-state index is -1.03. The molecule has 0 atom stereocenters. The molecule has 0 aliphatic carbocycles. The van der Waals surface area contributed by atoms with Crippen molar-refractivity contribution in [2.75, 3.05) is 10.6 Å². The molecule has 0 aromatic heterocycles. The van der Waals surface area contributed by atoms with Crippen LogP contribution in [0.25, 0.3) is 0 Å². The Hall–Kier alpha value is -3.80. The Morgan fingerprint density at radius 1 is 1.07 bits per heavy atom. The number of carboxylic acids is 1. The summed E-state index contributed by atoms with van der Waals surface area (Å²) in [6, 6.07) is 19.7. The summed E-state index contributed by atoms with van der Waals surface area (Å²) in [5.74, 6) is -0.568. The summed E-state index contributed by atoms with van der Waals surface area (Å²) in [6.07, 6.45) is 0.485. The van der Waals surface area contributed by atoms with Gasteiger partial charge in [-0.25, -0.2) is 4.79 Å². The van der Waals surface area contributed by atoms with E-state index in [1.807, 2.05) is 36.4 Å². The lowest BCUT2D eigenvalue weighted by atomic mass is 9.99. The summed E-state index contributed by atoms with van der Waals surface area (Å²) in [6.45, 7) is 3.46. The molecular weight excluding hydrogens is 380 g/mol. The van der Waals surface area contributed by atoms with E-state index in [1.54, 1.807) is 49.1 Å². The first-order valence-electron chi connectivity index (χ1n) is 9.59. The maximum atomic E-state index is 13.1. The number of carbonyl (C=O) groups excluding carboxylic acids is 1. The fourth-order valence-corrected chi connectivity index (χ4v) is 3.62. The van der Waals surface area contributed by atoms with Gasteiger partial charge in [-0.05, 0) is 61.7 Å². The fraction of sp³-hybridized carbons (Fsp3) is 0.167. The number of amides is 1. The highest BCUT2D eigenvalue weighted by atomic mass is 16.5. The van der Waals surface area contributed by atoms with Gasteiger partial charge in [0.05, 0.1) is 11.3 Å². The lowest BCUT2D eigenvalue weighted by molar-refractivity contribution is -0.131. The van der Waals surface area contributed by atoms with E-state index in [-0.39, 0.29) is 11.5 Å². The van der Waals surface area contributed by atoms with E-state index >= 15 is 0 Å². The normalized spacial score (nSPS) is 14.7. The highest BCUT2D eigenvalue weighted by Crippen LogP contribution is 2.42. The van der Waals surface area contributed by atoms with Crippen LogP contribution in [0.2, 0.25) is 0 Å². The van der Waals surface area contributed by atoms with Gasteiger partial charge in [0.2, 0.25) is 0 Å². The first-order valence-corrected chi connectivity index (χ1v) is 9.59. The van der Waals surface area contributed by atoms with Crippen molar-refractivity contribution in [3.8, 4) is 5.75 Å². The largest absolute Gasteiger partial charge is 0.478 e. The van der Waals surface area contributed by atoms with Gasteiger partial charge in [-0.3, -0.25) is 9.69 Å². The fourth-order valence-electron chi connectivity index (χ4n) is 3.62. The summed E-state index contributed by atoms with van der Waals surface area (Å²) in [4.78, 5) is 26.2. The number of ether oxygens (including phenoxy) is 1.